The van der Waals surface area contributed by atoms with E-state index in [2.05, 4.69) is 15.4 Å². The fraction of sp³-hybridized carbons (Fsp3) is 0.0714. The van der Waals surface area contributed by atoms with Crippen LogP contribution in [0.1, 0.15) is 0 Å². The van der Waals surface area contributed by atoms with E-state index >= 15 is 0 Å². The summed E-state index contributed by atoms with van der Waals surface area (Å²) in [6.45, 7) is -0.143. The molecule has 3 aromatic rings. The van der Waals surface area contributed by atoms with E-state index < -0.39 is 4.92 Å². The van der Waals surface area contributed by atoms with E-state index in [1.165, 1.54) is 16.9 Å². The first kappa shape index (κ1) is 14.4. The van der Waals surface area contributed by atoms with Crippen LogP contribution in [0.5, 0.6) is 0 Å². The lowest BCUT2D eigenvalue weighted by molar-refractivity contribution is -0.389. The molecule has 0 aliphatic carbocycles. The number of hydrogen-bond donors (Lipinski definition) is 1. The minimum absolute atomic E-state index is 0.143. The number of nitrogens with one attached hydrogen (secondary N) is 1. The minimum atomic E-state index is -0.615. The Bertz CT molecular complexity index is 839. The molecule has 23 heavy (non-hydrogen) atoms. The van der Waals surface area contributed by atoms with Crippen LogP contribution in [0.4, 0.5) is 11.8 Å². The first-order valence-corrected chi connectivity index (χ1v) is 6.70. The number of hydrogen-bond acceptors (Lipinski definition) is 5. The van der Waals surface area contributed by atoms with Crippen molar-refractivity contribution in [3.05, 3.63) is 65.1 Å². The molecule has 9 nitrogen and oxygen atoms in total. The molecule has 2 aromatic heterocycles. The highest BCUT2D eigenvalue weighted by Crippen LogP contribution is 2.14. The van der Waals surface area contributed by atoms with Crippen LogP contribution < -0.4 is 5.32 Å². The highest BCUT2D eigenvalue weighted by atomic mass is 16.6. The summed E-state index contributed by atoms with van der Waals surface area (Å²) < 4.78 is 2.92. The van der Waals surface area contributed by atoms with Gasteiger partial charge in [0.1, 0.15) is 6.54 Å². The second kappa shape index (κ2) is 6.10. The summed E-state index contributed by atoms with van der Waals surface area (Å²) in [5.74, 6) is -0.321. The Morgan fingerprint density at radius 3 is 2.70 bits per heavy atom. The van der Waals surface area contributed by atoms with E-state index in [1.807, 2.05) is 30.3 Å². The molecule has 116 valence electrons. The molecule has 1 N–H and O–H groups in total. The summed E-state index contributed by atoms with van der Waals surface area (Å²) >= 11 is 0. The van der Waals surface area contributed by atoms with Crippen molar-refractivity contribution in [2.24, 2.45) is 0 Å². The van der Waals surface area contributed by atoms with E-state index in [9.17, 15) is 14.9 Å². The van der Waals surface area contributed by atoms with Gasteiger partial charge >= 0.3 is 5.82 Å². The number of nitrogens with zero attached hydrogens (tertiary/aromatic N) is 5. The molecule has 0 unspecified atom stereocenters. The minimum Gasteiger partial charge on any atom is -0.358 e. The number of imidazole rings is 1. The summed E-state index contributed by atoms with van der Waals surface area (Å²) in [6.07, 6.45) is 4.67. The zero-order chi connectivity index (χ0) is 16.2. The lowest BCUT2D eigenvalue weighted by Gasteiger charge is -2.08. The maximum Gasteiger partial charge on any atom is 0.389 e. The van der Waals surface area contributed by atoms with Crippen LogP contribution in [0.2, 0.25) is 0 Å². The second-order valence-corrected chi connectivity index (χ2v) is 4.63. The van der Waals surface area contributed by atoms with Gasteiger partial charge in [0.2, 0.25) is 11.9 Å². The van der Waals surface area contributed by atoms with Crippen LogP contribution in [-0.2, 0) is 11.3 Å². The van der Waals surface area contributed by atoms with Gasteiger partial charge in [-0.15, -0.1) is 0 Å². The monoisotopic (exact) mass is 312 g/mol. The highest BCUT2D eigenvalue weighted by molar-refractivity contribution is 5.89. The third kappa shape index (κ3) is 3.23. The Hall–Kier alpha value is -3.49. The van der Waals surface area contributed by atoms with Gasteiger partial charge in [-0.2, -0.15) is 4.68 Å². The predicted octanol–water partition coefficient (Wildman–Crippen LogP) is 1.62. The Kier molecular flexibility index (Phi) is 3.83. The van der Waals surface area contributed by atoms with Crippen LogP contribution in [-0.4, -0.2) is 30.2 Å². The first-order valence-electron chi connectivity index (χ1n) is 6.70. The van der Waals surface area contributed by atoms with Crippen LogP contribution >= 0.6 is 0 Å². The zero-order valence-electron chi connectivity index (χ0n) is 11.9. The van der Waals surface area contributed by atoms with Crippen molar-refractivity contribution in [3.63, 3.8) is 0 Å². The molecule has 0 radical (unpaired) electrons. The van der Waals surface area contributed by atoms with E-state index in [1.54, 1.807) is 17.0 Å². The summed E-state index contributed by atoms with van der Waals surface area (Å²) in [4.78, 5) is 26.1. The van der Waals surface area contributed by atoms with Crippen LogP contribution in [0, 0.1) is 10.1 Å². The molecule has 1 amide bonds. The molecular formula is C14H12N6O3. The number of anilines is 1. The molecule has 9 heteroatoms. The van der Waals surface area contributed by atoms with Crippen molar-refractivity contribution in [2.75, 3.05) is 5.32 Å². The first-order chi connectivity index (χ1) is 11.1. The molecule has 1 aromatic carbocycles. The predicted molar refractivity (Wildman–Crippen MR) is 81.1 cm³/mol. The second-order valence-electron chi connectivity index (χ2n) is 4.63. The van der Waals surface area contributed by atoms with Crippen molar-refractivity contribution in [1.29, 1.82) is 0 Å². The quantitative estimate of drug-likeness (QED) is 0.569. The molecule has 2 heterocycles. The molecular weight excluding hydrogens is 300 g/mol. The van der Waals surface area contributed by atoms with Gasteiger partial charge in [0.25, 0.3) is 0 Å². The van der Waals surface area contributed by atoms with Gasteiger partial charge in [0, 0.05) is 18.1 Å². The van der Waals surface area contributed by atoms with Crippen LogP contribution in [0.3, 0.4) is 0 Å². The molecule has 0 atom stereocenters. The molecule has 0 spiro atoms. The number of benzene rings is 1. The number of carbonyl (C=O) groups excluding carboxylic acids is 1. The molecule has 0 fully saturated rings. The average Bonchev–Trinajstić information content (AvgIpc) is 3.17. The van der Waals surface area contributed by atoms with E-state index in [-0.39, 0.29) is 18.3 Å². The summed E-state index contributed by atoms with van der Waals surface area (Å²) in [5, 5.41) is 16.9. The smallest absolute Gasteiger partial charge is 0.358 e. The Morgan fingerprint density at radius 1 is 1.22 bits per heavy atom. The fourth-order valence-corrected chi connectivity index (χ4v) is 2.04. The third-order valence-electron chi connectivity index (χ3n) is 3.05. The molecule has 0 aliphatic rings. The fourth-order valence-electron chi connectivity index (χ4n) is 2.04. The Morgan fingerprint density at radius 2 is 2.00 bits per heavy atom. The number of rotatable bonds is 5. The lowest BCUT2D eigenvalue weighted by Crippen LogP contribution is -2.21. The van der Waals surface area contributed by atoms with Crippen LogP contribution in [0.25, 0.3) is 5.69 Å². The van der Waals surface area contributed by atoms with Crippen LogP contribution in [0.15, 0.2) is 55.0 Å². The maximum atomic E-state index is 12.0. The van der Waals surface area contributed by atoms with Gasteiger partial charge in [-0.3, -0.25) is 14.7 Å². The number of amides is 1. The van der Waals surface area contributed by atoms with Gasteiger partial charge in [-0.1, -0.05) is 18.2 Å². The molecule has 0 saturated carbocycles. The van der Waals surface area contributed by atoms with Crippen molar-refractivity contribution >= 4 is 17.7 Å². The van der Waals surface area contributed by atoms with Gasteiger partial charge in [-0.05, 0) is 17.1 Å². The van der Waals surface area contributed by atoms with E-state index in [4.69, 9.17) is 0 Å². The molecule has 0 bridgehead atoms. The van der Waals surface area contributed by atoms with Gasteiger partial charge in [-0.25, -0.2) is 4.98 Å². The normalized spacial score (nSPS) is 10.4. The van der Waals surface area contributed by atoms with Gasteiger partial charge in [0.05, 0.1) is 17.4 Å². The van der Waals surface area contributed by atoms with Gasteiger partial charge < -0.3 is 10.1 Å². The van der Waals surface area contributed by atoms with Crippen molar-refractivity contribution in [3.8, 4) is 5.69 Å². The van der Waals surface area contributed by atoms with Crippen molar-refractivity contribution in [2.45, 2.75) is 6.54 Å². The number of para-hydroxylation sites is 1. The Labute approximate surface area is 130 Å². The number of carbonyl (C=O) groups is 1. The SMILES string of the molecule is O=C(Cn1ccc([N+](=O)[O-])n1)Nc1nccn1-c1ccccc1. The largest absolute Gasteiger partial charge is 0.389 e. The van der Waals surface area contributed by atoms with Gasteiger partial charge in [0.15, 0.2) is 0 Å². The summed E-state index contributed by atoms with van der Waals surface area (Å²) in [7, 11) is 0. The number of nitro groups is 1. The van der Waals surface area contributed by atoms with Crippen molar-refractivity contribution < 1.29 is 9.72 Å². The highest BCUT2D eigenvalue weighted by Gasteiger charge is 2.15. The zero-order valence-corrected chi connectivity index (χ0v) is 11.9. The third-order valence-corrected chi connectivity index (χ3v) is 3.05. The summed E-state index contributed by atoms with van der Waals surface area (Å²) in [5.41, 5.74) is 0.857. The van der Waals surface area contributed by atoms with E-state index in [0.29, 0.717) is 5.95 Å². The molecule has 0 saturated heterocycles. The van der Waals surface area contributed by atoms with E-state index in [0.717, 1.165) is 5.69 Å². The lowest BCUT2D eigenvalue weighted by atomic mass is 10.3. The molecule has 3 rings (SSSR count). The number of aromatic nitrogens is 4. The topological polar surface area (TPSA) is 108 Å². The van der Waals surface area contributed by atoms with Crippen molar-refractivity contribution in [1.82, 2.24) is 19.3 Å². The summed E-state index contributed by atoms with van der Waals surface area (Å²) in [6, 6.07) is 10.7. The standard InChI is InChI=1S/C14H12N6O3/c21-13(10-18-8-6-12(17-18)20(22)23)16-14-15-7-9-19(14)11-4-2-1-3-5-11/h1-9H,10H2,(H,15,16,21). The average molecular weight is 312 g/mol. The molecule has 0 aliphatic heterocycles. The Balaban J connectivity index is 1.71. The maximum absolute atomic E-state index is 12.0.